The maximum absolute atomic E-state index is 13.8. The topological polar surface area (TPSA) is 79.1 Å². The van der Waals surface area contributed by atoms with Crippen molar-refractivity contribution in [3.63, 3.8) is 0 Å². The van der Waals surface area contributed by atoms with Crippen LogP contribution >= 0.6 is 11.6 Å². The van der Waals surface area contributed by atoms with Crippen molar-refractivity contribution < 1.29 is 32.7 Å². The minimum absolute atomic E-state index is 0.0527. The van der Waals surface area contributed by atoms with Crippen LogP contribution in [-0.4, -0.2) is 45.2 Å². The normalized spacial score (nSPS) is 13.5. The highest BCUT2D eigenvalue weighted by Crippen LogP contribution is 2.38. The van der Waals surface area contributed by atoms with Gasteiger partial charge in [-0.15, -0.1) is 0 Å². The van der Waals surface area contributed by atoms with Gasteiger partial charge in [0.15, 0.2) is 0 Å². The highest BCUT2D eigenvalue weighted by molar-refractivity contribution is 6.35. The first-order chi connectivity index (χ1) is 17.6. The molecule has 3 heterocycles. The number of amides is 1. The standard InChI is InChI=1S/C27H18ClF3N2O4/c28-20-4-1-3-19(27(29,30)31)23(20)24(34)22-13-18(15-5-7-16(8-6-15)26(36)37)21-10-9-17(14-33(21)22)25(35)32-11-2-12-32/h1,3-10,13-14H,2,11-12H2,(H,36,37). The second kappa shape index (κ2) is 9.08. The number of carbonyl (C=O) groups is 3. The number of likely N-dealkylation sites (tertiary alicyclic amines) is 1. The van der Waals surface area contributed by atoms with Gasteiger partial charge in [-0.3, -0.25) is 9.59 Å². The number of fused-ring (bicyclic) bond motifs is 1. The summed E-state index contributed by atoms with van der Waals surface area (Å²) in [6, 6.07) is 13.6. The Balaban J connectivity index is 1.72. The first-order valence-corrected chi connectivity index (χ1v) is 11.6. The quantitative estimate of drug-likeness (QED) is 0.321. The van der Waals surface area contributed by atoms with E-state index in [4.69, 9.17) is 11.6 Å². The summed E-state index contributed by atoms with van der Waals surface area (Å²) in [7, 11) is 0. The maximum atomic E-state index is 13.8. The van der Waals surface area contributed by atoms with Crippen LogP contribution in [0.3, 0.4) is 0 Å². The van der Waals surface area contributed by atoms with E-state index in [0.717, 1.165) is 18.6 Å². The molecule has 0 radical (unpaired) electrons. The largest absolute Gasteiger partial charge is 0.478 e. The predicted octanol–water partition coefficient (Wildman–Crippen LogP) is 6.05. The second-order valence-electron chi connectivity index (χ2n) is 8.63. The molecule has 0 saturated carbocycles. The van der Waals surface area contributed by atoms with E-state index >= 15 is 0 Å². The van der Waals surface area contributed by atoms with Gasteiger partial charge in [0, 0.05) is 24.8 Å². The Labute approximate surface area is 213 Å². The summed E-state index contributed by atoms with van der Waals surface area (Å²) < 4.78 is 42.7. The van der Waals surface area contributed by atoms with E-state index in [9.17, 15) is 32.7 Å². The highest BCUT2D eigenvalue weighted by atomic mass is 35.5. The number of alkyl halides is 3. The molecular weight excluding hydrogens is 509 g/mol. The van der Waals surface area contributed by atoms with Crippen LogP contribution in [0.1, 0.15) is 48.8 Å². The number of aromatic nitrogens is 1. The molecule has 5 rings (SSSR count). The summed E-state index contributed by atoms with van der Waals surface area (Å²) >= 11 is 6.11. The summed E-state index contributed by atoms with van der Waals surface area (Å²) in [5.41, 5.74) is -0.182. The van der Waals surface area contributed by atoms with Crippen LogP contribution in [0.5, 0.6) is 0 Å². The number of ketones is 1. The van der Waals surface area contributed by atoms with Crippen molar-refractivity contribution in [3.8, 4) is 11.1 Å². The van der Waals surface area contributed by atoms with E-state index in [-0.39, 0.29) is 27.8 Å². The highest BCUT2D eigenvalue weighted by Gasteiger charge is 2.37. The number of hydrogen-bond acceptors (Lipinski definition) is 3. The Bertz CT molecular complexity index is 1570. The Morgan fingerprint density at radius 1 is 0.919 bits per heavy atom. The number of nitrogens with zero attached hydrogens (tertiary/aromatic N) is 2. The van der Waals surface area contributed by atoms with Gasteiger partial charge in [0.05, 0.1) is 38.5 Å². The number of carboxylic acids is 1. The van der Waals surface area contributed by atoms with Crippen molar-refractivity contribution in [2.75, 3.05) is 13.1 Å². The third-order valence-electron chi connectivity index (χ3n) is 6.38. The number of aromatic carboxylic acids is 1. The van der Waals surface area contributed by atoms with Crippen LogP contribution in [0.2, 0.25) is 5.02 Å². The monoisotopic (exact) mass is 526 g/mol. The molecule has 0 bridgehead atoms. The third kappa shape index (κ3) is 4.35. The van der Waals surface area contributed by atoms with Crippen LogP contribution in [0.15, 0.2) is 66.9 Å². The van der Waals surface area contributed by atoms with Gasteiger partial charge in [0.2, 0.25) is 5.78 Å². The number of benzene rings is 2. The number of carboxylic acid groups (broad SMARTS) is 1. The molecule has 0 spiro atoms. The minimum Gasteiger partial charge on any atom is -0.478 e. The fraction of sp³-hybridized carbons (Fsp3) is 0.148. The Morgan fingerprint density at radius 2 is 1.59 bits per heavy atom. The minimum atomic E-state index is -4.82. The molecular formula is C27H18ClF3N2O4. The van der Waals surface area contributed by atoms with Gasteiger partial charge in [-0.05, 0) is 54.4 Å². The van der Waals surface area contributed by atoms with Crippen molar-refractivity contribution in [2.45, 2.75) is 12.6 Å². The lowest BCUT2D eigenvalue weighted by molar-refractivity contribution is -0.137. The first-order valence-electron chi connectivity index (χ1n) is 11.2. The molecule has 0 atom stereocenters. The van der Waals surface area contributed by atoms with E-state index in [1.165, 1.54) is 34.9 Å². The van der Waals surface area contributed by atoms with Gasteiger partial charge < -0.3 is 14.4 Å². The summed E-state index contributed by atoms with van der Waals surface area (Å²) in [5.74, 6) is -2.33. The van der Waals surface area contributed by atoms with Crippen molar-refractivity contribution in [1.29, 1.82) is 0 Å². The van der Waals surface area contributed by atoms with Gasteiger partial charge >= 0.3 is 12.1 Å². The van der Waals surface area contributed by atoms with E-state index in [1.54, 1.807) is 29.2 Å². The molecule has 1 fully saturated rings. The van der Waals surface area contributed by atoms with E-state index in [0.29, 0.717) is 29.7 Å². The molecule has 1 aliphatic rings. The zero-order chi connectivity index (χ0) is 26.5. The molecule has 1 saturated heterocycles. The van der Waals surface area contributed by atoms with E-state index in [2.05, 4.69) is 0 Å². The molecule has 1 amide bonds. The van der Waals surface area contributed by atoms with Crippen LogP contribution < -0.4 is 0 Å². The summed E-state index contributed by atoms with van der Waals surface area (Å²) in [4.78, 5) is 39.4. The van der Waals surface area contributed by atoms with Crippen LogP contribution in [0.25, 0.3) is 16.6 Å². The van der Waals surface area contributed by atoms with E-state index < -0.39 is 29.1 Å². The van der Waals surface area contributed by atoms with Crippen molar-refractivity contribution in [2.24, 2.45) is 0 Å². The van der Waals surface area contributed by atoms with Gasteiger partial charge in [0.25, 0.3) is 5.91 Å². The molecule has 1 N–H and O–H groups in total. The zero-order valence-corrected chi connectivity index (χ0v) is 19.8. The van der Waals surface area contributed by atoms with Crippen molar-refractivity contribution in [1.82, 2.24) is 9.30 Å². The Hall–Kier alpha value is -4.11. The van der Waals surface area contributed by atoms with Gasteiger partial charge in [-0.2, -0.15) is 13.2 Å². The molecule has 10 heteroatoms. The molecule has 4 aromatic rings. The molecule has 0 unspecified atom stereocenters. The van der Waals surface area contributed by atoms with Gasteiger partial charge in [0.1, 0.15) is 0 Å². The Morgan fingerprint density at radius 3 is 2.19 bits per heavy atom. The fourth-order valence-electron chi connectivity index (χ4n) is 4.35. The second-order valence-corrected chi connectivity index (χ2v) is 9.04. The molecule has 1 aliphatic heterocycles. The molecule has 0 aliphatic carbocycles. The summed E-state index contributed by atoms with van der Waals surface area (Å²) in [6.07, 6.45) is -2.51. The van der Waals surface area contributed by atoms with Gasteiger partial charge in [-0.25, -0.2) is 4.79 Å². The lowest BCUT2D eigenvalue weighted by atomic mass is 10.00. The SMILES string of the molecule is O=C(O)c1ccc(-c2cc(C(=O)c3c(Cl)cccc3C(F)(F)F)n3cc(C(=O)N4CCC4)ccc23)cc1. The first kappa shape index (κ1) is 24.6. The summed E-state index contributed by atoms with van der Waals surface area (Å²) in [6.45, 7) is 1.20. The molecule has 2 aromatic carbocycles. The number of pyridine rings is 1. The van der Waals surface area contributed by atoms with Gasteiger partial charge in [-0.1, -0.05) is 29.8 Å². The average molecular weight is 527 g/mol. The lowest BCUT2D eigenvalue weighted by Crippen LogP contribution is -2.42. The Kier molecular flexibility index (Phi) is 6.03. The number of hydrogen-bond donors (Lipinski definition) is 1. The molecule has 2 aromatic heterocycles. The zero-order valence-electron chi connectivity index (χ0n) is 19.1. The van der Waals surface area contributed by atoms with Crippen molar-refractivity contribution >= 4 is 34.8 Å². The third-order valence-corrected chi connectivity index (χ3v) is 6.69. The number of carbonyl (C=O) groups excluding carboxylic acids is 2. The van der Waals surface area contributed by atoms with Crippen LogP contribution in [-0.2, 0) is 6.18 Å². The number of rotatable bonds is 5. The maximum Gasteiger partial charge on any atom is 0.417 e. The average Bonchev–Trinajstić information content (AvgIpc) is 3.20. The number of halogens is 4. The predicted molar refractivity (Wildman–Crippen MR) is 130 cm³/mol. The van der Waals surface area contributed by atoms with Crippen LogP contribution in [0, 0.1) is 0 Å². The molecule has 37 heavy (non-hydrogen) atoms. The van der Waals surface area contributed by atoms with Crippen LogP contribution in [0.4, 0.5) is 13.2 Å². The summed E-state index contributed by atoms with van der Waals surface area (Å²) in [5, 5.41) is 8.85. The fourth-order valence-corrected chi connectivity index (χ4v) is 4.61. The molecule has 188 valence electrons. The van der Waals surface area contributed by atoms with Crippen molar-refractivity contribution in [3.05, 3.63) is 99.8 Å². The molecule has 6 nitrogen and oxygen atoms in total. The smallest absolute Gasteiger partial charge is 0.417 e. The van der Waals surface area contributed by atoms with E-state index in [1.807, 2.05) is 0 Å². The lowest BCUT2D eigenvalue weighted by Gasteiger charge is -2.30.